The zero-order valence-electron chi connectivity index (χ0n) is 14.9. The first kappa shape index (κ1) is 20.2. The van der Waals surface area contributed by atoms with E-state index in [2.05, 4.69) is 4.98 Å². The lowest BCUT2D eigenvalue weighted by Crippen LogP contribution is -2.16. The number of hydrogen-bond donors (Lipinski definition) is 2. The number of rotatable bonds is 5. The van der Waals surface area contributed by atoms with Crippen molar-refractivity contribution in [1.82, 2.24) is 4.98 Å². The molecular weight excluding hydrogens is 395 g/mol. The normalized spacial score (nSPS) is 11.8. The van der Waals surface area contributed by atoms with Crippen molar-refractivity contribution in [2.75, 3.05) is 13.7 Å². The molecule has 0 unspecified atom stereocenters. The number of aliphatic hydroxyl groups excluding tert-OH is 1. The van der Waals surface area contributed by atoms with Gasteiger partial charge in [0, 0.05) is 23.1 Å². The van der Waals surface area contributed by atoms with Gasteiger partial charge in [-0.15, -0.1) is 0 Å². The molecule has 0 amide bonds. The Morgan fingerprint density at radius 2 is 1.93 bits per heavy atom. The monoisotopic (exact) mass is 411 g/mol. The highest BCUT2D eigenvalue weighted by Gasteiger charge is 2.31. The van der Waals surface area contributed by atoms with Gasteiger partial charge in [-0.1, -0.05) is 17.7 Å². The lowest BCUT2D eigenvalue weighted by atomic mass is 9.93. The van der Waals surface area contributed by atoms with E-state index < -0.39 is 17.3 Å². The molecule has 3 rings (SSSR count). The smallest absolute Gasteiger partial charge is 0.416 e. The number of nitrogens with one attached hydrogen (secondary N) is 1. The number of aliphatic hydroxyl groups is 1. The fraction of sp³-hybridized carbons (Fsp3) is 0.250. The minimum Gasteiger partial charge on any atom is -0.495 e. The first-order valence-electron chi connectivity index (χ1n) is 8.47. The molecule has 4 nitrogen and oxygen atoms in total. The molecule has 0 bridgehead atoms. The Bertz CT molecular complexity index is 1080. The van der Waals surface area contributed by atoms with Gasteiger partial charge in [0.15, 0.2) is 0 Å². The maximum atomic E-state index is 13.3. The standard InChI is InChI=1S/C20H17ClF3NO3/c1-28-17-9-11(4-6-15(17)21)18-13(3-2-8-26)19(27)25-16-7-5-12(10-14(16)18)20(22,23)24/h4-7,9-10,26H,2-3,8H2,1H3,(H,25,27). The molecule has 0 saturated carbocycles. The minimum absolute atomic E-state index is 0.149. The number of H-pyrrole nitrogens is 1. The molecule has 0 aliphatic heterocycles. The highest BCUT2D eigenvalue weighted by atomic mass is 35.5. The number of aromatic amines is 1. The van der Waals surface area contributed by atoms with Crippen LogP contribution in [0.25, 0.3) is 22.0 Å². The summed E-state index contributed by atoms with van der Waals surface area (Å²) in [7, 11) is 1.43. The Hall–Kier alpha value is -2.51. The maximum absolute atomic E-state index is 13.3. The molecule has 3 aromatic rings. The molecule has 1 heterocycles. The summed E-state index contributed by atoms with van der Waals surface area (Å²) in [6.45, 7) is -0.149. The van der Waals surface area contributed by atoms with Gasteiger partial charge in [-0.05, 0) is 54.3 Å². The van der Waals surface area contributed by atoms with Gasteiger partial charge in [-0.3, -0.25) is 4.79 Å². The average molecular weight is 412 g/mol. The first-order valence-corrected chi connectivity index (χ1v) is 8.85. The van der Waals surface area contributed by atoms with Crippen LogP contribution in [0.3, 0.4) is 0 Å². The van der Waals surface area contributed by atoms with Crippen molar-refractivity contribution in [2.45, 2.75) is 19.0 Å². The van der Waals surface area contributed by atoms with Crippen LogP contribution < -0.4 is 10.3 Å². The summed E-state index contributed by atoms with van der Waals surface area (Å²) >= 11 is 6.07. The number of ether oxygens (including phenoxy) is 1. The summed E-state index contributed by atoms with van der Waals surface area (Å²) in [6, 6.07) is 7.96. The molecule has 28 heavy (non-hydrogen) atoms. The van der Waals surface area contributed by atoms with E-state index in [4.69, 9.17) is 21.4 Å². The number of aromatic nitrogens is 1. The summed E-state index contributed by atoms with van der Waals surface area (Å²) in [5.41, 5.74) is 0.227. The van der Waals surface area contributed by atoms with Gasteiger partial charge in [0.25, 0.3) is 5.56 Å². The van der Waals surface area contributed by atoms with Crippen molar-refractivity contribution < 1.29 is 23.0 Å². The second kappa shape index (κ2) is 7.85. The van der Waals surface area contributed by atoms with E-state index in [1.807, 2.05) is 0 Å². The average Bonchev–Trinajstić information content (AvgIpc) is 2.65. The molecule has 148 valence electrons. The van der Waals surface area contributed by atoms with Crippen LogP contribution in [0, 0.1) is 0 Å². The third-order valence-electron chi connectivity index (χ3n) is 4.46. The fourth-order valence-corrected chi connectivity index (χ4v) is 3.34. The molecule has 1 aromatic heterocycles. The second-order valence-electron chi connectivity index (χ2n) is 6.24. The maximum Gasteiger partial charge on any atom is 0.416 e. The first-order chi connectivity index (χ1) is 13.3. The SMILES string of the molecule is COc1cc(-c2c(CCCO)c(=O)[nH]c3ccc(C(F)(F)F)cc23)ccc1Cl. The zero-order valence-corrected chi connectivity index (χ0v) is 15.6. The van der Waals surface area contributed by atoms with Crippen molar-refractivity contribution in [3.05, 3.63) is 62.9 Å². The molecule has 0 atom stereocenters. The Kier molecular flexibility index (Phi) is 5.67. The van der Waals surface area contributed by atoms with Gasteiger partial charge in [-0.2, -0.15) is 13.2 Å². The number of pyridine rings is 1. The minimum atomic E-state index is -4.52. The van der Waals surface area contributed by atoms with E-state index in [0.717, 1.165) is 12.1 Å². The predicted molar refractivity (Wildman–Crippen MR) is 102 cm³/mol. The predicted octanol–water partition coefficient (Wildman–Crippen LogP) is 4.80. The van der Waals surface area contributed by atoms with Gasteiger partial charge in [0.1, 0.15) is 5.75 Å². The van der Waals surface area contributed by atoms with Gasteiger partial charge in [0.05, 0.1) is 17.7 Å². The number of hydrogen-bond acceptors (Lipinski definition) is 3. The largest absolute Gasteiger partial charge is 0.495 e. The molecule has 8 heteroatoms. The van der Waals surface area contributed by atoms with E-state index >= 15 is 0 Å². The molecule has 2 aromatic carbocycles. The third-order valence-corrected chi connectivity index (χ3v) is 4.78. The molecule has 0 fully saturated rings. The Morgan fingerprint density at radius 3 is 2.57 bits per heavy atom. The summed E-state index contributed by atoms with van der Waals surface area (Å²) in [5.74, 6) is 0.340. The topological polar surface area (TPSA) is 62.3 Å². The lowest BCUT2D eigenvalue weighted by molar-refractivity contribution is -0.137. The van der Waals surface area contributed by atoms with Crippen LogP contribution in [0.1, 0.15) is 17.5 Å². The summed E-state index contributed by atoms with van der Waals surface area (Å²) in [5, 5.41) is 9.76. The Labute approximate surface area is 163 Å². The highest BCUT2D eigenvalue weighted by molar-refractivity contribution is 6.32. The zero-order chi connectivity index (χ0) is 20.5. The van der Waals surface area contributed by atoms with Gasteiger partial charge >= 0.3 is 6.18 Å². The van der Waals surface area contributed by atoms with E-state index in [1.54, 1.807) is 18.2 Å². The van der Waals surface area contributed by atoms with Crippen LogP contribution in [0.15, 0.2) is 41.2 Å². The van der Waals surface area contributed by atoms with Crippen molar-refractivity contribution in [3.63, 3.8) is 0 Å². The number of methoxy groups -OCH3 is 1. The van der Waals surface area contributed by atoms with Crippen LogP contribution >= 0.6 is 11.6 Å². The number of halogens is 4. The molecule has 0 aliphatic rings. The van der Waals surface area contributed by atoms with Crippen molar-refractivity contribution >= 4 is 22.5 Å². The summed E-state index contributed by atoms with van der Waals surface area (Å²) in [4.78, 5) is 15.3. The molecule has 0 saturated heterocycles. The van der Waals surface area contributed by atoms with Gasteiger partial charge < -0.3 is 14.8 Å². The summed E-state index contributed by atoms with van der Waals surface area (Å²) in [6.07, 6.45) is -4.02. The molecule has 2 N–H and O–H groups in total. The van der Waals surface area contributed by atoms with Crippen LogP contribution in [0.5, 0.6) is 5.75 Å². The van der Waals surface area contributed by atoms with Gasteiger partial charge in [0.2, 0.25) is 0 Å². The van der Waals surface area contributed by atoms with Crippen LogP contribution in [0.4, 0.5) is 13.2 Å². The lowest BCUT2D eigenvalue weighted by Gasteiger charge is -2.16. The molecular formula is C20H17ClF3NO3. The van der Waals surface area contributed by atoms with Crippen LogP contribution in [-0.4, -0.2) is 23.8 Å². The van der Waals surface area contributed by atoms with E-state index in [9.17, 15) is 18.0 Å². The molecule has 0 spiro atoms. The highest BCUT2D eigenvalue weighted by Crippen LogP contribution is 2.38. The number of alkyl halides is 3. The van der Waals surface area contributed by atoms with E-state index in [-0.39, 0.29) is 23.9 Å². The Morgan fingerprint density at radius 1 is 1.18 bits per heavy atom. The number of fused-ring (bicyclic) bond motifs is 1. The Balaban J connectivity index is 2.39. The van der Waals surface area contributed by atoms with Crippen molar-refractivity contribution in [3.8, 4) is 16.9 Å². The van der Waals surface area contributed by atoms with E-state index in [1.165, 1.54) is 13.2 Å². The third kappa shape index (κ3) is 3.86. The molecule has 0 radical (unpaired) electrons. The quantitative estimate of drug-likeness (QED) is 0.634. The number of benzene rings is 2. The van der Waals surface area contributed by atoms with Crippen LogP contribution in [-0.2, 0) is 12.6 Å². The van der Waals surface area contributed by atoms with Crippen LogP contribution in [0.2, 0.25) is 5.02 Å². The van der Waals surface area contributed by atoms with E-state index in [0.29, 0.717) is 33.9 Å². The van der Waals surface area contributed by atoms with Gasteiger partial charge in [-0.25, -0.2) is 0 Å². The fourth-order valence-electron chi connectivity index (χ4n) is 3.15. The summed E-state index contributed by atoms with van der Waals surface area (Å²) < 4.78 is 45.0. The van der Waals surface area contributed by atoms with Crippen molar-refractivity contribution in [2.24, 2.45) is 0 Å². The second-order valence-corrected chi connectivity index (χ2v) is 6.65. The molecule has 0 aliphatic carbocycles. The van der Waals surface area contributed by atoms with Crippen molar-refractivity contribution in [1.29, 1.82) is 0 Å².